The van der Waals surface area contributed by atoms with E-state index in [9.17, 15) is 40.5 Å². The molecule has 8 N–H and O–H groups in total. The molecule has 11 nitrogen and oxygen atoms in total. The molecular formula is C58H111NO10. The largest absolute Gasteiger partial charge is 0.394 e. The number of allylic oxidation sites excluding steroid dienone is 4. The Bertz CT molecular complexity index is 1170. The summed E-state index contributed by atoms with van der Waals surface area (Å²) in [6.45, 7) is 3.45. The molecular weight excluding hydrogens is 871 g/mol. The van der Waals surface area contributed by atoms with Gasteiger partial charge in [0.15, 0.2) is 6.29 Å². The number of carbonyl (C=O) groups excluding carboxylic acids is 1. The number of hydrogen-bond donors (Lipinski definition) is 8. The molecule has 0 radical (unpaired) electrons. The quantitative estimate of drug-likeness (QED) is 0.0215. The normalized spacial score (nSPS) is 20.5. The Morgan fingerprint density at radius 1 is 0.493 bits per heavy atom. The first-order chi connectivity index (χ1) is 33.7. The Kier molecular flexibility index (Phi) is 45.2. The summed E-state index contributed by atoms with van der Waals surface area (Å²) in [6, 6.07) is -1.18. The monoisotopic (exact) mass is 982 g/mol. The molecule has 69 heavy (non-hydrogen) atoms. The van der Waals surface area contributed by atoms with Crippen LogP contribution >= 0.6 is 0 Å². The third-order valence-electron chi connectivity index (χ3n) is 14.2. The SMILES string of the molecule is CCCCCCCCCCC/C=C/CCCC(O)C(O)C(COC1OC(CO)C(O)C(O)C1O)NC(=O)C(O)CCCCCCCCCCCCCC/C=C\CCCCCCCCCCCCCC. The van der Waals surface area contributed by atoms with E-state index in [1.54, 1.807) is 0 Å². The highest BCUT2D eigenvalue weighted by atomic mass is 16.7. The topological polar surface area (TPSA) is 189 Å². The molecule has 408 valence electrons. The Balaban J connectivity index is 2.26. The van der Waals surface area contributed by atoms with Crippen LogP contribution in [0.5, 0.6) is 0 Å². The van der Waals surface area contributed by atoms with Gasteiger partial charge in [-0.15, -0.1) is 0 Å². The summed E-state index contributed by atoms with van der Waals surface area (Å²) in [5.74, 6) is -0.704. The Hall–Kier alpha value is -1.41. The molecule has 0 spiro atoms. The fourth-order valence-corrected chi connectivity index (χ4v) is 9.44. The van der Waals surface area contributed by atoms with Crippen molar-refractivity contribution in [2.75, 3.05) is 13.2 Å². The second-order valence-electron chi connectivity index (χ2n) is 20.7. The fraction of sp³-hybridized carbons (Fsp3) is 0.914. The van der Waals surface area contributed by atoms with Gasteiger partial charge in [-0.05, 0) is 64.2 Å². The summed E-state index contributed by atoms with van der Waals surface area (Å²) in [5.41, 5.74) is 0. The van der Waals surface area contributed by atoms with Crippen molar-refractivity contribution in [3.05, 3.63) is 24.3 Å². The number of nitrogens with one attached hydrogen (secondary N) is 1. The lowest BCUT2D eigenvalue weighted by Gasteiger charge is -2.40. The summed E-state index contributed by atoms with van der Waals surface area (Å²) >= 11 is 0. The maximum atomic E-state index is 13.2. The first kappa shape index (κ1) is 65.6. The van der Waals surface area contributed by atoms with Crippen molar-refractivity contribution in [1.82, 2.24) is 5.32 Å². The molecule has 1 amide bonds. The molecule has 1 rings (SSSR count). The minimum absolute atomic E-state index is 0.255. The van der Waals surface area contributed by atoms with Crippen LogP contribution in [-0.2, 0) is 14.3 Å². The van der Waals surface area contributed by atoms with Gasteiger partial charge in [-0.25, -0.2) is 0 Å². The second-order valence-corrected chi connectivity index (χ2v) is 20.7. The first-order valence-corrected chi connectivity index (χ1v) is 29.2. The fourth-order valence-electron chi connectivity index (χ4n) is 9.44. The lowest BCUT2D eigenvalue weighted by molar-refractivity contribution is -0.303. The molecule has 1 fully saturated rings. The van der Waals surface area contributed by atoms with E-state index in [2.05, 4.69) is 43.5 Å². The van der Waals surface area contributed by atoms with Crippen LogP contribution in [0.2, 0.25) is 0 Å². The number of carbonyl (C=O) groups is 1. The Morgan fingerprint density at radius 3 is 1.25 bits per heavy atom. The Morgan fingerprint density at radius 2 is 0.855 bits per heavy atom. The van der Waals surface area contributed by atoms with E-state index in [4.69, 9.17) is 9.47 Å². The molecule has 0 bridgehead atoms. The van der Waals surface area contributed by atoms with Crippen LogP contribution < -0.4 is 5.32 Å². The smallest absolute Gasteiger partial charge is 0.249 e. The number of aliphatic hydroxyl groups is 7. The van der Waals surface area contributed by atoms with Crippen molar-refractivity contribution in [3.8, 4) is 0 Å². The number of hydrogen-bond acceptors (Lipinski definition) is 10. The molecule has 0 aromatic rings. The molecule has 0 aliphatic carbocycles. The summed E-state index contributed by atoms with van der Waals surface area (Å²) in [4.78, 5) is 13.2. The van der Waals surface area contributed by atoms with Crippen molar-refractivity contribution in [2.24, 2.45) is 0 Å². The van der Waals surface area contributed by atoms with Gasteiger partial charge in [-0.2, -0.15) is 0 Å². The standard InChI is InChI=1S/C58H111NO10/c1-3-5-7-9-11-13-15-17-19-20-21-22-23-24-25-26-27-28-29-30-31-32-34-36-38-40-42-44-46-51(62)57(67)59-49(48-68-58-56(66)55(65)54(64)52(47-60)69-58)53(63)50(61)45-43-41-39-37-35-33-18-16-14-12-10-8-6-4-2/h24-25,37,39,49-56,58,60-66H,3-23,26-36,38,40-48H2,1-2H3,(H,59,67)/b25-24-,39-37+. The van der Waals surface area contributed by atoms with Crippen LogP contribution in [-0.4, -0.2) is 110 Å². The van der Waals surface area contributed by atoms with Gasteiger partial charge in [0.05, 0.1) is 25.4 Å². The summed E-state index contributed by atoms with van der Waals surface area (Å²) < 4.78 is 11.1. The molecule has 11 heteroatoms. The summed E-state index contributed by atoms with van der Waals surface area (Å²) in [6.07, 6.45) is 45.3. The van der Waals surface area contributed by atoms with E-state index in [-0.39, 0.29) is 12.8 Å². The zero-order valence-corrected chi connectivity index (χ0v) is 44.6. The average Bonchev–Trinajstić information content (AvgIpc) is 3.35. The predicted molar refractivity (Wildman–Crippen MR) is 284 cm³/mol. The highest BCUT2D eigenvalue weighted by Gasteiger charge is 2.44. The van der Waals surface area contributed by atoms with Crippen LogP contribution in [0.15, 0.2) is 24.3 Å². The number of aliphatic hydroxyl groups excluding tert-OH is 7. The molecule has 1 saturated heterocycles. The van der Waals surface area contributed by atoms with Gasteiger partial charge >= 0.3 is 0 Å². The first-order valence-electron chi connectivity index (χ1n) is 29.2. The second kappa shape index (κ2) is 47.6. The van der Waals surface area contributed by atoms with E-state index in [1.165, 1.54) is 193 Å². The van der Waals surface area contributed by atoms with E-state index in [0.29, 0.717) is 12.8 Å². The van der Waals surface area contributed by atoms with Crippen LogP contribution in [0, 0.1) is 0 Å². The average molecular weight is 983 g/mol. The summed E-state index contributed by atoms with van der Waals surface area (Å²) in [5, 5.41) is 76.0. The molecule has 0 saturated carbocycles. The predicted octanol–water partition coefficient (Wildman–Crippen LogP) is 12.1. The van der Waals surface area contributed by atoms with Crippen molar-refractivity contribution in [1.29, 1.82) is 0 Å². The van der Waals surface area contributed by atoms with Crippen LogP contribution in [0.4, 0.5) is 0 Å². The van der Waals surface area contributed by atoms with Crippen molar-refractivity contribution < 1.29 is 50.0 Å². The van der Waals surface area contributed by atoms with Gasteiger partial charge in [0.2, 0.25) is 5.91 Å². The van der Waals surface area contributed by atoms with Crippen molar-refractivity contribution in [2.45, 2.75) is 326 Å². The van der Waals surface area contributed by atoms with E-state index >= 15 is 0 Å². The molecule has 0 aromatic carbocycles. The van der Waals surface area contributed by atoms with Crippen LogP contribution in [0.25, 0.3) is 0 Å². The highest BCUT2D eigenvalue weighted by Crippen LogP contribution is 2.23. The third kappa shape index (κ3) is 36.2. The molecule has 9 atom stereocenters. The third-order valence-corrected chi connectivity index (χ3v) is 14.2. The van der Waals surface area contributed by atoms with Crippen LogP contribution in [0.1, 0.15) is 271 Å². The summed E-state index contributed by atoms with van der Waals surface area (Å²) in [7, 11) is 0. The van der Waals surface area contributed by atoms with Gasteiger partial charge in [0.1, 0.15) is 36.6 Å². The van der Waals surface area contributed by atoms with Gasteiger partial charge in [0, 0.05) is 0 Å². The molecule has 1 heterocycles. The zero-order valence-electron chi connectivity index (χ0n) is 44.6. The number of unbranched alkanes of at least 4 members (excludes halogenated alkanes) is 34. The minimum atomic E-state index is -1.67. The lowest BCUT2D eigenvalue weighted by Crippen LogP contribution is -2.60. The Labute approximate surface area is 423 Å². The van der Waals surface area contributed by atoms with Gasteiger partial charge in [-0.3, -0.25) is 4.79 Å². The number of rotatable bonds is 50. The highest BCUT2D eigenvalue weighted by molar-refractivity contribution is 5.80. The number of amides is 1. The van der Waals surface area contributed by atoms with Gasteiger partial charge < -0.3 is 50.5 Å². The minimum Gasteiger partial charge on any atom is -0.394 e. The lowest BCUT2D eigenvalue weighted by atomic mass is 9.98. The maximum absolute atomic E-state index is 13.2. The molecule has 9 unspecified atom stereocenters. The molecule has 1 aliphatic rings. The van der Waals surface area contributed by atoms with E-state index in [0.717, 1.165) is 38.5 Å². The van der Waals surface area contributed by atoms with Crippen molar-refractivity contribution in [3.63, 3.8) is 0 Å². The van der Waals surface area contributed by atoms with Crippen molar-refractivity contribution >= 4 is 5.91 Å². The van der Waals surface area contributed by atoms with Gasteiger partial charge in [0.25, 0.3) is 0 Å². The van der Waals surface area contributed by atoms with Gasteiger partial charge in [-0.1, -0.05) is 231 Å². The number of ether oxygens (including phenoxy) is 2. The zero-order chi connectivity index (χ0) is 50.4. The van der Waals surface area contributed by atoms with E-state index < -0.39 is 74.2 Å². The maximum Gasteiger partial charge on any atom is 0.249 e. The molecule has 1 aliphatic heterocycles. The van der Waals surface area contributed by atoms with E-state index in [1.807, 2.05) is 0 Å². The van der Waals surface area contributed by atoms with Crippen LogP contribution in [0.3, 0.4) is 0 Å². The molecule has 0 aromatic heterocycles.